The summed E-state index contributed by atoms with van der Waals surface area (Å²) in [6.45, 7) is -0.757. The lowest BCUT2D eigenvalue weighted by atomic mass is 10.2. The van der Waals surface area contributed by atoms with E-state index in [0.717, 1.165) is 4.31 Å². The molecule has 0 fully saturated rings. The quantitative estimate of drug-likeness (QED) is 0.156. The van der Waals surface area contributed by atoms with E-state index in [-0.39, 0.29) is 23.1 Å². The predicted molar refractivity (Wildman–Crippen MR) is 170 cm³/mol. The van der Waals surface area contributed by atoms with Crippen LogP contribution in [0.25, 0.3) is 0 Å². The number of hydrogen-bond acceptors (Lipinski definition) is 9. The molecule has 4 aromatic rings. The number of carbonyl (C=O) groups is 2. The van der Waals surface area contributed by atoms with Gasteiger partial charge in [-0.2, -0.15) is 5.10 Å². The second kappa shape index (κ2) is 15.3. The highest BCUT2D eigenvalue weighted by atomic mass is 32.2. The van der Waals surface area contributed by atoms with Crippen LogP contribution in [0.2, 0.25) is 0 Å². The molecule has 13 heteroatoms. The maximum Gasteiger partial charge on any atom is 0.264 e. The summed E-state index contributed by atoms with van der Waals surface area (Å²) < 4.78 is 49.3. The van der Waals surface area contributed by atoms with Crippen LogP contribution in [0.1, 0.15) is 5.56 Å². The summed E-state index contributed by atoms with van der Waals surface area (Å²) in [5.41, 5.74) is 3.80. The van der Waals surface area contributed by atoms with E-state index < -0.39 is 22.5 Å². The number of nitrogens with one attached hydrogen (secondary N) is 2. The van der Waals surface area contributed by atoms with Crippen molar-refractivity contribution in [1.29, 1.82) is 0 Å². The molecule has 0 aromatic heterocycles. The molecule has 0 radical (unpaired) electrons. The lowest BCUT2D eigenvalue weighted by Crippen LogP contribution is -2.39. The van der Waals surface area contributed by atoms with Gasteiger partial charge in [-0.3, -0.25) is 13.9 Å². The Hall–Kier alpha value is -5.56. The minimum absolute atomic E-state index is 0.0107. The molecular weight excluding hydrogens is 600 g/mol. The summed E-state index contributed by atoms with van der Waals surface area (Å²) in [7, 11) is 0.324. The highest BCUT2D eigenvalue weighted by molar-refractivity contribution is 7.92. The van der Waals surface area contributed by atoms with Crippen LogP contribution in [0.4, 0.5) is 11.4 Å². The summed E-state index contributed by atoms with van der Waals surface area (Å²) in [4.78, 5) is 25.1. The Morgan fingerprint density at radius 2 is 1.44 bits per heavy atom. The van der Waals surface area contributed by atoms with Crippen molar-refractivity contribution in [3.63, 3.8) is 0 Å². The Kier molecular flexibility index (Phi) is 11.0. The Bertz CT molecular complexity index is 1730. The molecular formula is C32H32N4O8S. The molecule has 0 saturated heterocycles. The summed E-state index contributed by atoms with van der Waals surface area (Å²) >= 11 is 0. The van der Waals surface area contributed by atoms with Gasteiger partial charge in [0.05, 0.1) is 38.1 Å². The number of nitrogens with zero attached hydrogens (tertiary/aromatic N) is 2. The number of hydrogen-bond donors (Lipinski definition) is 2. The minimum Gasteiger partial charge on any atom is -0.497 e. The van der Waals surface area contributed by atoms with Gasteiger partial charge in [0.2, 0.25) is 0 Å². The molecule has 4 aromatic carbocycles. The first kappa shape index (κ1) is 32.4. The summed E-state index contributed by atoms with van der Waals surface area (Å²) in [5, 5.41) is 6.70. The Morgan fingerprint density at radius 3 is 2.09 bits per heavy atom. The highest BCUT2D eigenvalue weighted by Gasteiger charge is 2.28. The molecule has 0 atom stereocenters. The standard InChI is InChI=1S/C32H32N4O8S/c1-41-26-16-11-24(12-17-26)34-32(38)22-44-27-14-9-23(10-15-27)20-33-35-31(37)21-36(45(39,40)28-7-5-4-6-8-28)25-13-18-29(42-2)30(19-25)43-3/h4-20H,21-22H2,1-3H3,(H,34,38)(H,35,37)/b33-20-. The van der Waals surface area contributed by atoms with Gasteiger partial charge in [-0.1, -0.05) is 18.2 Å². The molecule has 0 aliphatic carbocycles. The van der Waals surface area contributed by atoms with Gasteiger partial charge in [0, 0.05) is 11.8 Å². The van der Waals surface area contributed by atoms with Crippen LogP contribution >= 0.6 is 0 Å². The first-order chi connectivity index (χ1) is 21.7. The van der Waals surface area contributed by atoms with Gasteiger partial charge >= 0.3 is 0 Å². The van der Waals surface area contributed by atoms with Crippen molar-refractivity contribution in [3.8, 4) is 23.0 Å². The lowest BCUT2D eigenvalue weighted by molar-refractivity contribution is -0.119. The average molecular weight is 633 g/mol. The number of carbonyl (C=O) groups excluding carboxylic acids is 2. The number of benzene rings is 4. The topological polar surface area (TPSA) is 145 Å². The van der Waals surface area contributed by atoms with Gasteiger partial charge < -0.3 is 24.3 Å². The van der Waals surface area contributed by atoms with Gasteiger partial charge in [0.25, 0.3) is 21.8 Å². The minimum atomic E-state index is -4.13. The van der Waals surface area contributed by atoms with Crippen molar-refractivity contribution >= 4 is 39.4 Å². The zero-order valence-electron chi connectivity index (χ0n) is 24.8. The first-order valence-corrected chi connectivity index (χ1v) is 15.0. The molecule has 0 saturated carbocycles. The summed E-state index contributed by atoms with van der Waals surface area (Å²) in [6, 6.07) is 25.9. The average Bonchev–Trinajstić information content (AvgIpc) is 3.07. The molecule has 0 heterocycles. The summed E-state index contributed by atoms with van der Waals surface area (Å²) in [6.07, 6.45) is 1.39. The SMILES string of the molecule is COc1ccc(NC(=O)COc2ccc(/C=N\NC(=O)CN(c3ccc(OC)c(OC)c3)S(=O)(=O)c3ccccc3)cc2)cc1. The predicted octanol–water partition coefficient (Wildman–Crippen LogP) is 4.08. The van der Waals surface area contributed by atoms with Gasteiger partial charge in [-0.25, -0.2) is 13.8 Å². The molecule has 4 rings (SSSR count). The number of amides is 2. The monoisotopic (exact) mass is 632 g/mol. The number of ether oxygens (including phenoxy) is 4. The van der Waals surface area contributed by atoms with Gasteiger partial charge in [0.15, 0.2) is 18.1 Å². The van der Waals surface area contributed by atoms with Gasteiger partial charge in [0.1, 0.15) is 18.0 Å². The molecule has 0 spiro atoms. The van der Waals surface area contributed by atoms with E-state index in [0.29, 0.717) is 34.2 Å². The number of anilines is 2. The van der Waals surface area contributed by atoms with Crippen LogP contribution in [0.3, 0.4) is 0 Å². The number of hydrazone groups is 1. The Labute approximate surface area is 261 Å². The van der Waals surface area contributed by atoms with Crippen LogP contribution in [0, 0.1) is 0 Å². The van der Waals surface area contributed by atoms with E-state index >= 15 is 0 Å². The zero-order chi connectivity index (χ0) is 32.2. The molecule has 2 N–H and O–H groups in total. The highest BCUT2D eigenvalue weighted by Crippen LogP contribution is 2.33. The van der Waals surface area contributed by atoms with Crippen molar-refractivity contribution < 1.29 is 37.0 Å². The van der Waals surface area contributed by atoms with Crippen LogP contribution in [-0.4, -0.2) is 60.9 Å². The first-order valence-electron chi connectivity index (χ1n) is 13.5. The smallest absolute Gasteiger partial charge is 0.264 e. The molecule has 234 valence electrons. The van der Waals surface area contributed by atoms with Gasteiger partial charge in [-0.05, 0) is 78.4 Å². The summed E-state index contributed by atoms with van der Waals surface area (Å²) in [5.74, 6) is 0.832. The number of sulfonamides is 1. The number of methoxy groups -OCH3 is 3. The van der Waals surface area contributed by atoms with Crippen LogP contribution < -0.4 is 34.0 Å². The van der Waals surface area contributed by atoms with Crippen molar-refractivity contribution in [2.24, 2.45) is 5.10 Å². The van der Waals surface area contributed by atoms with Crippen molar-refractivity contribution in [2.45, 2.75) is 4.90 Å². The fraction of sp³-hybridized carbons (Fsp3) is 0.156. The van der Waals surface area contributed by atoms with Crippen LogP contribution in [0.5, 0.6) is 23.0 Å². The third-order valence-electron chi connectivity index (χ3n) is 6.30. The fourth-order valence-corrected chi connectivity index (χ4v) is 5.46. The molecule has 2 amide bonds. The molecule has 0 bridgehead atoms. The van der Waals surface area contributed by atoms with Crippen LogP contribution in [0.15, 0.2) is 107 Å². The van der Waals surface area contributed by atoms with Crippen molar-refractivity contribution in [3.05, 3.63) is 103 Å². The van der Waals surface area contributed by atoms with Crippen LogP contribution in [-0.2, 0) is 19.6 Å². The molecule has 0 unspecified atom stereocenters. The van der Waals surface area contributed by atoms with E-state index in [2.05, 4.69) is 15.8 Å². The molecule has 45 heavy (non-hydrogen) atoms. The van der Waals surface area contributed by atoms with E-state index in [1.165, 1.54) is 44.7 Å². The lowest BCUT2D eigenvalue weighted by Gasteiger charge is -2.24. The third kappa shape index (κ3) is 8.74. The third-order valence-corrected chi connectivity index (χ3v) is 8.09. The van der Waals surface area contributed by atoms with Crippen molar-refractivity contribution in [1.82, 2.24) is 5.43 Å². The van der Waals surface area contributed by atoms with Crippen molar-refractivity contribution in [2.75, 3.05) is 44.1 Å². The van der Waals surface area contributed by atoms with E-state index in [4.69, 9.17) is 18.9 Å². The maximum atomic E-state index is 13.6. The normalized spacial score (nSPS) is 11.0. The fourth-order valence-electron chi connectivity index (χ4n) is 4.03. The van der Waals surface area contributed by atoms with E-state index in [1.807, 2.05) is 0 Å². The second-order valence-electron chi connectivity index (χ2n) is 9.29. The van der Waals surface area contributed by atoms with E-state index in [9.17, 15) is 18.0 Å². The number of rotatable bonds is 14. The molecule has 12 nitrogen and oxygen atoms in total. The zero-order valence-corrected chi connectivity index (χ0v) is 25.6. The van der Waals surface area contributed by atoms with Gasteiger partial charge in [-0.15, -0.1) is 0 Å². The Balaban J connectivity index is 1.37. The second-order valence-corrected chi connectivity index (χ2v) is 11.2. The molecule has 0 aliphatic heterocycles. The maximum absolute atomic E-state index is 13.6. The van der Waals surface area contributed by atoms with E-state index in [1.54, 1.807) is 79.9 Å². The Morgan fingerprint density at radius 1 is 0.778 bits per heavy atom. The molecule has 0 aliphatic rings. The largest absolute Gasteiger partial charge is 0.497 e.